The van der Waals surface area contributed by atoms with E-state index in [1.807, 2.05) is 56.0 Å². The van der Waals surface area contributed by atoms with Crippen molar-refractivity contribution in [2.75, 3.05) is 39.5 Å². The number of morpholine rings is 1. The normalized spacial score (nSPS) is 16.3. The molecule has 1 aliphatic heterocycles. The summed E-state index contributed by atoms with van der Waals surface area (Å²) in [4.78, 5) is 46.2. The van der Waals surface area contributed by atoms with Gasteiger partial charge in [0.25, 0.3) is 5.91 Å². The molecule has 1 heterocycles. The highest BCUT2D eigenvalue weighted by atomic mass is 16.7. The summed E-state index contributed by atoms with van der Waals surface area (Å²) < 4.78 is 10.9. The largest absolute Gasteiger partial charge is 0.463 e. The molecule has 42 heavy (non-hydrogen) atoms. The standard InChI is InChI=1S/C32H53N3O7/c1-5-6-7-8-9-10-14-17-26(29(37)31(39)34-42-23-25-15-12-11-13-16-25)30(38)33-27(32(2,3)4)24-41-28(36)22-35-18-20-40-21-19-35/h11-13,15-16,26-27,29,37H,5-10,14,17-24H2,1-4H3,(H,33,38)(H,34,39)/t26-,27-,29+/m1/s1. The molecule has 0 bridgehead atoms. The van der Waals surface area contributed by atoms with Crippen molar-refractivity contribution in [3.05, 3.63) is 35.9 Å². The number of rotatable bonds is 19. The van der Waals surface area contributed by atoms with E-state index in [1.54, 1.807) is 0 Å². The molecule has 0 radical (unpaired) electrons. The van der Waals surface area contributed by atoms with Crippen molar-refractivity contribution in [3.63, 3.8) is 0 Å². The molecule has 0 aliphatic carbocycles. The van der Waals surface area contributed by atoms with E-state index in [0.717, 1.165) is 24.8 Å². The molecular formula is C32H53N3O7. The number of amides is 2. The Morgan fingerprint density at radius 1 is 0.976 bits per heavy atom. The predicted molar refractivity (Wildman–Crippen MR) is 161 cm³/mol. The Balaban J connectivity index is 1.98. The first-order valence-electron chi connectivity index (χ1n) is 15.5. The van der Waals surface area contributed by atoms with Crippen LogP contribution < -0.4 is 10.8 Å². The summed E-state index contributed by atoms with van der Waals surface area (Å²) in [6, 6.07) is 8.82. The third-order valence-corrected chi connectivity index (χ3v) is 7.59. The van der Waals surface area contributed by atoms with Crippen LogP contribution in [0.15, 0.2) is 30.3 Å². The van der Waals surface area contributed by atoms with Crippen LogP contribution in [0.2, 0.25) is 0 Å². The molecule has 10 heteroatoms. The van der Waals surface area contributed by atoms with Crippen LogP contribution in [0.5, 0.6) is 0 Å². The average molecular weight is 592 g/mol. The number of ether oxygens (including phenoxy) is 2. The molecule has 2 rings (SSSR count). The van der Waals surface area contributed by atoms with E-state index in [4.69, 9.17) is 14.3 Å². The van der Waals surface area contributed by atoms with Gasteiger partial charge in [-0.3, -0.25) is 24.1 Å². The van der Waals surface area contributed by atoms with Gasteiger partial charge in [-0.15, -0.1) is 0 Å². The Kier molecular flexibility index (Phi) is 16.7. The number of aliphatic hydroxyl groups is 1. The number of nitrogens with zero attached hydrogens (tertiary/aromatic N) is 1. The van der Waals surface area contributed by atoms with Crippen molar-refractivity contribution >= 4 is 17.8 Å². The van der Waals surface area contributed by atoms with Crippen molar-refractivity contribution < 1.29 is 33.8 Å². The molecule has 238 valence electrons. The van der Waals surface area contributed by atoms with Gasteiger partial charge in [-0.1, -0.05) is 103 Å². The van der Waals surface area contributed by atoms with Crippen LogP contribution in [-0.4, -0.2) is 79.4 Å². The van der Waals surface area contributed by atoms with Gasteiger partial charge in [0.2, 0.25) is 5.91 Å². The summed E-state index contributed by atoms with van der Waals surface area (Å²) in [6.45, 7) is 10.8. The Hall–Kier alpha value is -2.53. The van der Waals surface area contributed by atoms with E-state index in [9.17, 15) is 19.5 Å². The minimum atomic E-state index is -1.59. The molecule has 0 spiro atoms. The molecule has 0 saturated carbocycles. The highest BCUT2D eigenvalue weighted by Gasteiger charge is 2.36. The molecule has 2 amide bonds. The van der Waals surface area contributed by atoms with Crippen molar-refractivity contribution in [1.29, 1.82) is 0 Å². The fourth-order valence-corrected chi connectivity index (χ4v) is 4.71. The number of esters is 1. The third-order valence-electron chi connectivity index (χ3n) is 7.59. The van der Waals surface area contributed by atoms with Crippen LogP contribution in [0.25, 0.3) is 0 Å². The highest BCUT2D eigenvalue weighted by Crippen LogP contribution is 2.23. The van der Waals surface area contributed by atoms with Crippen molar-refractivity contribution in [3.8, 4) is 0 Å². The second kappa shape index (κ2) is 19.6. The number of unbranched alkanes of at least 4 members (excludes halogenated alkanes) is 6. The number of benzene rings is 1. The predicted octanol–water partition coefficient (Wildman–Crippen LogP) is 3.76. The van der Waals surface area contributed by atoms with Gasteiger partial charge in [-0.05, 0) is 17.4 Å². The first-order valence-corrected chi connectivity index (χ1v) is 15.5. The molecule has 0 aromatic heterocycles. The summed E-state index contributed by atoms with van der Waals surface area (Å²) in [5.41, 5.74) is 2.72. The van der Waals surface area contributed by atoms with Crippen molar-refractivity contribution in [2.45, 2.75) is 97.8 Å². The van der Waals surface area contributed by atoms with E-state index in [0.29, 0.717) is 39.1 Å². The lowest BCUT2D eigenvalue weighted by Crippen LogP contribution is -2.53. The minimum Gasteiger partial charge on any atom is -0.463 e. The van der Waals surface area contributed by atoms with E-state index in [2.05, 4.69) is 17.7 Å². The fraction of sp³-hybridized carbons (Fsp3) is 0.719. The van der Waals surface area contributed by atoms with Crippen molar-refractivity contribution in [2.24, 2.45) is 11.3 Å². The second-order valence-electron chi connectivity index (χ2n) is 12.2. The van der Waals surface area contributed by atoms with Gasteiger partial charge in [0.05, 0.1) is 38.3 Å². The van der Waals surface area contributed by atoms with E-state index < -0.39 is 35.3 Å². The third kappa shape index (κ3) is 14.1. The summed E-state index contributed by atoms with van der Waals surface area (Å²) in [7, 11) is 0. The average Bonchev–Trinajstić information content (AvgIpc) is 2.96. The van der Waals surface area contributed by atoms with Crippen molar-refractivity contribution in [1.82, 2.24) is 15.7 Å². The maximum Gasteiger partial charge on any atom is 0.320 e. The van der Waals surface area contributed by atoms with Crippen LogP contribution >= 0.6 is 0 Å². The second-order valence-corrected chi connectivity index (χ2v) is 12.2. The van der Waals surface area contributed by atoms with Gasteiger partial charge in [0, 0.05) is 13.1 Å². The number of nitrogens with one attached hydrogen (secondary N) is 2. The first-order chi connectivity index (χ1) is 20.1. The Morgan fingerprint density at radius 2 is 1.62 bits per heavy atom. The summed E-state index contributed by atoms with van der Waals surface area (Å²) in [5, 5.41) is 14.0. The van der Waals surface area contributed by atoms with Gasteiger partial charge in [0.1, 0.15) is 12.7 Å². The lowest BCUT2D eigenvalue weighted by molar-refractivity contribution is -0.152. The van der Waals surface area contributed by atoms with Gasteiger partial charge in [0.15, 0.2) is 0 Å². The molecular weight excluding hydrogens is 538 g/mol. The van der Waals surface area contributed by atoms with E-state index in [1.165, 1.54) is 19.3 Å². The van der Waals surface area contributed by atoms with Crippen LogP contribution in [-0.2, 0) is 35.3 Å². The van der Waals surface area contributed by atoms with Gasteiger partial charge in [-0.25, -0.2) is 5.48 Å². The molecule has 1 aromatic carbocycles. The molecule has 1 aliphatic rings. The van der Waals surface area contributed by atoms with E-state index >= 15 is 0 Å². The lowest BCUT2D eigenvalue weighted by Gasteiger charge is -2.33. The zero-order chi connectivity index (χ0) is 30.8. The number of hydroxylamine groups is 1. The molecule has 10 nitrogen and oxygen atoms in total. The quantitative estimate of drug-likeness (QED) is 0.126. The SMILES string of the molecule is CCCCCCCCC[C@@H](C(=O)N[C@H](COC(=O)CN1CCOCC1)C(C)(C)C)[C@H](O)C(=O)NOCc1ccccc1. The molecule has 1 aromatic rings. The lowest BCUT2D eigenvalue weighted by atomic mass is 9.86. The van der Waals surface area contributed by atoms with Crippen LogP contribution in [0, 0.1) is 11.3 Å². The maximum absolute atomic E-state index is 13.6. The summed E-state index contributed by atoms with van der Waals surface area (Å²) >= 11 is 0. The Labute approximate surface area is 251 Å². The Morgan fingerprint density at radius 3 is 2.26 bits per heavy atom. The zero-order valence-electron chi connectivity index (χ0n) is 26.1. The van der Waals surface area contributed by atoms with Gasteiger partial charge in [-0.2, -0.15) is 0 Å². The molecule has 1 saturated heterocycles. The molecule has 3 atom stereocenters. The fourth-order valence-electron chi connectivity index (χ4n) is 4.71. The summed E-state index contributed by atoms with van der Waals surface area (Å²) in [6.07, 6.45) is 6.10. The smallest absolute Gasteiger partial charge is 0.320 e. The Bertz CT molecular complexity index is 916. The van der Waals surface area contributed by atoms with E-state index in [-0.39, 0.29) is 25.7 Å². The highest BCUT2D eigenvalue weighted by molar-refractivity contribution is 5.89. The number of hydrogen-bond donors (Lipinski definition) is 3. The number of carbonyl (C=O) groups excluding carboxylic acids is 3. The monoisotopic (exact) mass is 591 g/mol. The molecule has 0 unspecified atom stereocenters. The van der Waals surface area contributed by atoms with Crippen LogP contribution in [0.3, 0.4) is 0 Å². The maximum atomic E-state index is 13.6. The molecule has 3 N–H and O–H groups in total. The number of carbonyl (C=O) groups is 3. The van der Waals surface area contributed by atoms with Gasteiger partial charge >= 0.3 is 5.97 Å². The first kappa shape index (κ1) is 35.7. The topological polar surface area (TPSA) is 126 Å². The van der Waals surface area contributed by atoms with Crippen LogP contribution in [0.1, 0.15) is 84.6 Å². The summed E-state index contributed by atoms with van der Waals surface area (Å²) in [5.74, 6) is -2.56. The number of aliphatic hydroxyl groups excluding tert-OH is 1. The van der Waals surface area contributed by atoms with Crippen LogP contribution in [0.4, 0.5) is 0 Å². The number of hydrogen-bond acceptors (Lipinski definition) is 8. The minimum absolute atomic E-state index is 0.00889. The van der Waals surface area contributed by atoms with Gasteiger partial charge < -0.3 is 19.9 Å². The molecule has 1 fully saturated rings. The zero-order valence-corrected chi connectivity index (χ0v) is 26.1.